The SMILES string of the molecule is Cc1ccc(N2NC(C(=O)NCCc3cccc(Cl)c3)=NCC2=O)cc1. The Morgan fingerprint density at radius 1 is 1.27 bits per heavy atom. The van der Waals surface area contributed by atoms with Crippen LogP contribution < -0.4 is 15.8 Å². The van der Waals surface area contributed by atoms with Crippen molar-refractivity contribution in [3.05, 3.63) is 64.7 Å². The number of aryl methyl sites for hydroxylation is 1. The molecule has 1 heterocycles. The van der Waals surface area contributed by atoms with Crippen LogP contribution in [0.15, 0.2) is 53.5 Å². The third kappa shape index (κ3) is 4.40. The lowest BCUT2D eigenvalue weighted by Crippen LogP contribution is -2.55. The van der Waals surface area contributed by atoms with E-state index in [1.54, 1.807) is 6.07 Å². The molecule has 2 N–H and O–H groups in total. The van der Waals surface area contributed by atoms with Crippen molar-refractivity contribution < 1.29 is 9.59 Å². The molecule has 0 atom stereocenters. The number of benzene rings is 2. The number of hydrazine groups is 1. The minimum Gasteiger partial charge on any atom is -0.349 e. The van der Waals surface area contributed by atoms with E-state index in [2.05, 4.69) is 15.7 Å². The fraction of sp³-hybridized carbons (Fsp3) is 0.211. The second kappa shape index (κ2) is 8.01. The molecule has 0 aromatic heterocycles. The van der Waals surface area contributed by atoms with Crippen LogP contribution >= 0.6 is 11.6 Å². The molecule has 0 saturated carbocycles. The van der Waals surface area contributed by atoms with Crippen molar-refractivity contribution in [2.75, 3.05) is 18.1 Å². The topological polar surface area (TPSA) is 73.8 Å². The van der Waals surface area contributed by atoms with E-state index < -0.39 is 0 Å². The Morgan fingerprint density at radius 2 is 2.04 bits per heavy atom. The number of aliphatic imine (C=N–C) groups is 1. The van der Waals surface area contributed by atoms with Crippen molar-refractivity contribution in [3.63, 3.8) is 0 Å². The van der Waals surface area contributed by atoms with Gasteiger partial charge in [-0.2, -0.15) is 0 Å². The van der Waals surface area contributed by atoms with Gasteiger partial charge < -0.3 is 5.32 Å². The van der Waals surface area contributed by atoms with Crippen LogP contribution in [0.3, 0.4) is 0 Å². The van der Waals surface area contributed by atoms with Crippen LogP contribution in [0, 0.1) is 6.92 Å². The lowest BCUT2D eigenvalue weighted by Gasteiger charge is -2.27. The van der Waals surface area contributed by atoms with Gasteiger partial charge in [0.2, 0.25) is 5.84 Å². The maximum atomic E-state index is 12.3. The molecule has 0 spiro atoms. The number of hydrogen-bond acceptors (Lipinski definition) is 4. The number of halogens is 1. The molecule has 0 radical (unpaired) electrons. The Morgan fingerprint density at radius 3 is 2.77 bits per heavy atom. The van der Waals surface area contributed by atoms with Gasteiger partial charge in [-0.1, -0.05) is 41.4 Å². The Labute approximate surface area is 156 Å². The number of amides is 2. The zero-order valence-corrected chi connectivity index (χ0v) is 15.1. The highest BCUT2D eigenvalue weighted by Gasteiger charge is 2.25. The van der Waals surface area contributed by atoms with Gasteiger partial charge in [0.25, 0.3) is 11.8 Å². The van der Waals surface area contributed by atoms with Crippen LogP contribution in [0.4, 0.5) is 5.69 Å². The van der Waals surface area contributed by atoms with Gasteiger partial charge in [-0.25, -0.2) is 5.01 Å². The molecule has 26 heavy (non-hydrogen) atoms. The first-order valence-electron chi connectivity index (χ1n) is 8.26. The Hall–Kier alpha value is -2.86. The van der Waals surface area contributed by atoms with E-state index in [-0.39, 0.29) is 24.2 Å². The van der Waals surface area contributed by atoms with Gasteiger partial charge in [-0.3, -0.25) is 20.0 Å². The highest BCUT2D eigenvalue weighted by molar-refractivity contribution is 6.39. The molecule has 134 valence electrons. The van der Waals surface area contributed by atoms with Crippen LogP contribution in [-0.4, -0.2) is 30.7 Å². The summed E-state index contributed by atoms with van der Waals surface area (Å²) < 4.78 is 0. The zero-order valence-electron chi connectivity index (χ0n) is 14.3. The predicted octanol–water partition coefficient (Wildman–Crippen LogP) is 2.26. The van der Waals surface area contributed by atoms with Crippen molar-refractivity contribution in [2.45, 2.75) is 13.3 Å². The summed E-state index contributed by atoms with van der Waals surface area (Å²) in [5, 5.41) is 4.81. The summed E-state index contributed by atoms with van der Waals surface area (Å²) in [6.45, 7) is 2.34. The van der Waals surface area contributed by atoms with Gasteiger partial charge in [0, 0.05) is 11.6 Å². The van der Waals surface area contributed by atoms with E-state index >= 15 is 0 Å². The summed E-state index contributed by atoms with van der Waals surface area (Å²) in [4.78, 5) is 28.4. The average Bonchev–Trinajstić information content (AvgIpc) is 2.63. The molecule has 2 aromatic carbocycles. The van der Waals surface area contributed by atoms with Gasteiger partial charge in [-0.05, 0) is 43.2 Å². The first-order valence-corrected chi connectivity index (χ1v) is 8.64. The van der Waals surface area contributed by atoms with E-state index in [9.17, 15) is 9.59 Å². The quantitative estimate of drug-likeness (QED) is 0.847. The third-order valence-electron chi connectivity index (χ3n) is 3.94. The lowest BCUT2D eigenvalue weighted by atomic mass is 10.1. The zero-order chi connectivity index (χ0) is 18.5. The molecule has 0 saturated heterocycles. The third-order valence-corrected chi connectivity index (χ3v) is 4.17. The van der Waals surface area contributed by atoms with Gasteiger partial charge in [0.15, 0.2) is 0 Å². The number of anilines is 1. The lowest BCUT2D eigenvalue weighted by molar-refractivity contribution is -0.118. The normalized spacial score (nSPS) is 13.8. The van der Waals surface area contributed by atoms with E-state index in [0.717, 1.165) is 11.1 Å². The standard InChI is InChI=1S/C19H19ClN4O2/c1-13-5-7-16(8-6-13)24-17(25)12-22-18(23-24)19(26)21-10-9-14-3-2-4-15(20)11-14/h2-8,11H,9-10,12H2,1H3,(H,21,26)(H,22,23). The van der Waals surface area contributed by atoms with E-state index in [0.29, 0.717) is 23.7 Å². The first kappa shape index (κ1) is 17.9. The fourth-order valence-corrected chi connectivity index (χ4v) is 2.76. The summed E-state index contributed by atoms with van der Waals surface area (Å²) >= 11 is 5.95. The van der Waals surface area contributed by atoms with Crippen molar-refractivity contribution >= 4 is 34.9 Å². The maximum absolute atomic E-state index is 12.3. The van der Waals surface area contributed by atoms with E-state index in [4.69, 9.17) is 11.6 Å². The summed E-state index contributed by atoms with van der Waals surface area (Å²) in [6.07, 6.45) is 0.653. The van der Waals surface area contributed by atoms with Gasteiger partial charge in [-0.15, -0.1) is 0 Å². The van der Waals surface area contributed by atoms with Crippen molar-refractivity contribution in [2.24, 2.45) is 4.99 Å². The number of nitrogens with one attached hydrogen (secondary N) is 2. The molecule has 0 bridgehead atoms. The molecule has 1 aliphatic heterocycles. The largest absolute Gasteiger partial charge is 0.349 e. The Balaban J connectivity index is 1.59. The predicted molar refractivity (Wildman–Crippen MR) is 102 cm³/mol. The smallest absolute Gasteiger partial charge is 0.288 e. The van der Waals surface area contributed by atoms with Crippen LogP contribution in [0.25, 0.3) is 0 Å². The highest BCUT2D eigenvalue weighted by Crippen LogP contribution is 2.15. The monoisotopic (exact) mass is 370 g/mol. The van der Waals surface area contributed by atoms with Crippen LogP contribution in [0.2, 0.25) is 5.02 Å². The fourth-order valence-electron chi connectivity index (χ4n) is 2.54. The molecule has 0 aliphatic carbocycles. The Kier molecular flexibility index (Phi) is 5.53. The number of nitrogens with zero attached hydrogens (tertiary/aromatic N) is 2. The second-order valence-electron chi connectivity index (χ2n) is 5.98. The molecule has 6 nitrogen and oxygen atoms in total. The molecule has 0 fully saturated rings. The molecule has 0 unspecified atom stereocenters. The summed E-state index contributed by atoms with van der Waals surface area (Å²) in [7, 11) is 0. The van der Waals surface area contributed by atoms with E-state index in [1.807, 2.05) is 49.4 Å². The number of hydrogen-bond donors (Lipinski definition) is 2. The van der Waals surface area contributed by atoms with Crippen LogP contribution in [-0.2, 0) is 16.0 Å². The molecule has 2 aromatic rings. The summed E-state index contributed by atoms with van der Waals surface area (Å²) in [5.74, 6) is -0.447. The van der Waals surface area contributed by atoms with Gasteiger partial charge >= 0.3 is 0 Å². The van der Waals surface area contributed by atoms with Crippen molar-refractivity contribution in [1.82, 2.24) is 10.7 Å². The van der Waals surface area contributed by atoms with Crippen LogP contribution in [0.5, 0.6) is 0 Å². The molecule has 3 rings (SSSR count). The maximum Gasteiger partial charge on any atom is 0.288 e. The van der Waals surface area contributed by atoms with Gasteiger partial charge in [0.05, 0.1) is 5.69 Å². The molecule has 2 amide bonds. The number of carbonyl (C=O) groups excluding carboxylic acids is 2. The van der Waals surface area contributed by atoms with Crippen molar-refractivity contribution in [1.29, 1.82) is 0 Å². The minimum atomic E-state index is -0.350. The van der Waals surface area contributed by atoms with E-state index in [1.165, 1.54) is 5.01 Å². The highest BCUT2D eigenvalue weighted by atomic mass is 35.5. The second-order valence-corrected chi connectivity index (χ2v) is 6.41. The average molecular weight is 371 g/mol. The molecule has 1 aliphatic rings. The Bertz CT molecular complexity index is 849. The van der Waals surface area contributed by atoms with Gasteiger partial charge in [0.1, 0.15) is 6.54 Å². The summed E-state index contributed by atoms with van der Waals surface area (Å²) in [5.41, 5.74) is 5.59. The minimum absolute atomic E-state index is 0.0715. The number of carbonyl (C=O) groups is 2. The van der Waals surface area contributed by atoms with Crippen molar-refractivity contribution in [3.8, 4) is 0 Å². The first-order chi connectivity index (χ1) is 12.5. The summed E-state index contributed by atoms with van der Waals surface area (Å²) in [6, 6.07) is 14.9. The number of amidine groups is 1. The number of rotatable bonds is 5. The molecular weight excluding hydrogens is 352 g/mol. The molecular formula is C19H19ClN4O2. The van der Waals surface area contributed by atoms with Crippen LogP contribution in [0.1, 0.15) is 11.1 Å². The molecule has 7 heteroatoms.